The minimum atomic E-state index is -2.66. The van der Waals surface area contributed by atoms with E-state index in [9.17, 15) is 8.78 Å². The van der Waals surface area contributed by atoms with E-state index in [0.717, 1.165) is 25.9 Å². The third kappa shape index (κ3) is 3.39. The van der Waals surface area contributed by atoms with E-state index in [1.54, 1.807) is 19.6 Å². The molecule has 0 atom stereocenters. The fourth-order valence-corrected chi connectivity index (χ4v) is 3.99. The molecule has 6 heteroatoms. The lowest BCUT2D eigenvalue weighted by Gasteiger charge is -2.30. The third-order valence-corrected chi connectivity index (χ3v) is 7.54. The molecule has 0 saturated carbocycles. The van der Waals surface area contributed by atoms with Gasteiger partial charge in [-0.15, -0.1) is 0 Å². The number of thiocarbonyl (C=S) groups is 1. The Labute approximate surface area is 101 Å². The zero-order valence-electron chi connectivity index (χ0n) is 9.35. The van der Waals surface area contributed by atoms with E-state index >= 15 is 0 Å². The molecular weight excluding hydrogens is 252 g/mol. The zero-order valence-corrected chi connectivity index (χ0v) is 12.0. The smallest absolute Gasteiger partial charge is 0.278 e. The van der Waals surface area contributed by atoms with Gasteiger partial charge in [-0.1, -0.05) is 31.9 Å². The molecule has 1 aliphatic rings. The lowest BCUT2D eigenvalue weighted by Crippen LogP contribution is -2.44. The van der Waals surface area contributed by atoms with Gasteiger partial charge in [-0.05, 0) is 24.6 Å². The van der Waals surface area contributed by atoms with Gasteiger partial charge in [0.2, 0.25) is 0 Å². The number of hydrogen-bond donors (Lipinski definition) is 0. The fourth-order valence-electron chi connectivity index (χ4n) is 1.23. The fraction of sp³-hybridized carbons (Fsp3) is 0.889. The van der Waals surface area contributed by atoms with Crippen LogP contribution in [-0.4, -0.2) is 35.3 Å². The van der Waals surface area contributed by atoms with Crippen molar-refractivity contribution in [2.24, 2.45) is 0 Å². The number of halogens is 2. The summed E-state index contributed by atoms with van der Waals surface area (Å²) in [6.07, 6.45) is 2.14. The highest BCUT2D eigenvalue weighted by Crippen LogP contribution is 2.40. The van der Waals surface area contributed by atoms with Gasteiger partial charge in [0.1, 0.15) is 12.4 Å². The highest BCUT2D eigenvalue weighted by Gasteiger charge is 2.47. The second kappa shape index (κ2) is 4.67. The first-order chi connectivity index (χ1) is 6.74. The van der Waals surface area contributed by atoms with Crippen LogP contribution in [0, 0.1) is 0 Å². The second-order valence-electron chi connectivity index (χ2n) is 4.83. The Morgan fingerprint density at radius 2 is 1.73 bits per heavy atom. The molecule has 1 rings (SSSR count). The number of nitrogens with zero attached hydrogens (tertiary/aromatic N) is 1. The van der Waals surface area contributed by atoms with Crippen LogP contribution in [-0.2, 0) is 0 Å². The van der Waals surface area contributed by atoms with Gasteiger partial charge in [-0.2, -0.15) is 8.78 Å². The molecule has 1 fully saturated rings. The first kappa shape index (κ1) is 13.4. The monoisotopic (exact) mass is 269 g/mol. The van der Waals surface area contributed by atoms with Crippen molar-refractivity contribution in [2.45, 2.75) is 37.4 Å². The highest BCUT2D eigenvalue weighted by molar-refractivity contribution is 8.24. The SMILES string of the molecule is C[Si](C)(C)C(F)(F)SC(=S)N1CCCC1. The molecule has 0 unspecified atom stereocenters. The molecule has 0 radical (unpaired) electrons. The summed E-state index contributed by atoms with van der Waals surface area (Å²) >= 11 is 5.65. The van der Waals surface area contributed by atoms with Crippen molar-refractivity contribution < 1.29 is 8.78 Å². The molecular formula is C9H17F2NS2Si. The van der Waals surface area contributed by atoms with Gasteiger partial charge in [0.05, 0.1) is 0 Å². The first-order valence-corrected chi connectivity index (χ1v) is 9.82. The zero-order chi connectivity index (χ0) is 11.7. The summed E-state index contributed by atoms with van der Waals surface area (Å²) in [6.45, 7) is 6.70. The number of likely N-dealkylation sites (tertiary alicyclic amines) is 1. The average molecular weight is 269 g/mol. The molecule has 1 saturated heterocycles. The van der Waals surface area contributed by atoms with E-state index in [1.807, 2.05) is 4.90 Å². The van der Waals surface area contributed by atoms with Gasteiger partial charge in [0, 0.05) is 13.1 Å². The summed E-state index contributed by atoms with van der Waals surface area (Å²) in [5, 5.41) is 0. The largest absolute Gasteiger partial charge is 0.357 e. The molecule has 0 aromatic carbocycles. The maximum atomic E-state index is 13.7. The molecule has 0 bridgehead atoms. The Bertz CT molecular complexity index is 247. The van der Waals surface area contributed by atoms with Crippen molar-refractivity contribution in [1.29, 1.82) is 0 Å². The molecule has 15 heavy (non-hydrogen) atoms. The van der Waals surface area contributed by atoms with E-state index in [1.165, 1.54) is 0 Å². The van der Waals surface area contributed by atoms with Crippen molar-refractivity contribution in [1.82, 2.24) is 4.90 Å². The highest BCUT2D eigenvalue weighted by atomic mass is 32.2. The third-order valence-electron chi connectivity index (χ3n) is 2.45. The van der Waals surface area contributed by atoms with Crippen molar-refractivity contribution in [3.63, 3.8) is 0 Å². The molecule has 1 heterocycles. The summed E-state index contributed by atoms with van der Waals surface area (Å²) in [6, 6.07) is 0. The Balaban J connectivity index is 2.57. The van der Waals surface area contributed by atoms with Crippen LogP contribution in [0.15, 0.2) is 0 Å². The first-order valence-electron chi connectivity index (χ1n) is 5.10. The quantitative estimate of drug-likeness (QED) is 0.557. The van der Waals surface area contributed by atoms with Crippen LogP contribution in [0.5, 0.6) is 0 Å². The van der Waals surface area contributed by atoms with E-state index in [4.69, 9.17) is 12.2 Å². The van der Waals surface area contributed by atoms with Crippen LogP contribution in [0.3, 0.4) is 0 Å². The predicted molar refractivity (Wildman–Crippen MR) is 69.3 cm³/mol. The van der Waals surface area contributed by atoms with Crippen LogP contribution in [0.25, 0.3) is 0 Å². The van der Waals surface area contributed by atoms with Crippen molar-refractivity contribution in [3.05, 3.63) is 0 Å². The van der Waals surface area contributed by atoms with Crippen molar-refractivity contribution in [2.75, 3.05) is 13.1 Å². The lowest BCUT2D eigenvalue weighted by atomic mass is 10.4. The van der Waals surface area contributed by atoms with Crippen LogP contribution >= 0.6 is 24.0 Å². The standard InChI is InChI=1S/C9H17F2NS2Si/c1-15(2,3)9(10,11)14-8(13)12-6-4-5-7-12/h4-7H2,1-3H3. The summed E-state index contributed by atoms with van der Waals surface area (Å²) < 4.78 is 27.9. The Morgan fingerprint density at radius 3 is 2.13 bits per heavy atom. The Morgan fingerprint density at radius 1 is 1.27 bits per heavy atom. The van der Waals surface area contributed by atoms with Gasteiger partial charge in [-0.3, -0.25) is 0 Å². The van der Waals surface area contributed by atoms with Crippen LogP contribution in [0.2, 0.25) is 19.6 Å². The molecule has 0 aromatic heterocycles. The van der Waals surface area contributed by atoms with Gasteiger partial charge in [0.15, 0.2) is 0 Å². The number of alkyl halides is 2. The van der Waals surface area contributed by atoms with Gasteiger partial charge >= 0.3 is 0 Å². The summed E-state index contributed by atoms with van der Waals surface area (Å²) in [7, 11) is -2.48. The second-order valence-corrected chi connectivity index (χ2v) is 12.1. The number of thioether (sulfide) groups is 1. The van der Waals surface area contributed by atoms with Crippen LogP contribution < -0.4 is 0 Å². The van der Waals surface area contributed by atoms with Crippen molar-refractivity contribution >= 4 is 36.4 Å². The predicted octanol–water partition coefficient (Wildman–Crippen LogP) is 3.57. The van der Waals surface area contributed by atoms with E-state index in [2.05, 4.69) is 0 Å². The van der Waals surface area contributed by atoms with Crippen LogP contribution in [0.4, 0.5) is 8.78 Å². The molecule has 0 aliphatic carbocycles. The minimum absolute atomic E-state index is 0.375. The molecule has 0 aromatic rings. The average Bonchev–Trinajstić information content (AvgIpc) is 2.51. The van der Waals surface area contributed by atoms with Gasteiger partial charge in [-0.25, -0.2) is 0 Å². The molecule has 1 aliphatic heterocycles. The van der Waals surface area contributed by atoms with Crippen molar-refractivity contribution in [3.8, 4) is 0 Å². The lowest BCUT2D eigenvalue weighted by molar-refractivity contribution is 0.189. The molecule has 0 amide bonds. The normalized spacial score (nSPS) is 18.3. The minimum Gasteiger partial charge on any atom is -0.357 e. The van der Waals surface area contributed by atoms with Crippen LogP contribution in [0.1, 0.15) is 12.8 Å². The Kier molecular flexibility index (Phi) is 4.17. The molecule has 1 nitrogen and oxygen atoms in total. The summed E-state index contributed by atoms with van der Waals surface area (Å²) in [5.41, 5.74) is 0. The molecule has 0 N–H and O–H groups in total. The van der Waals surface area contributed by atoms with E-state index in [0.29, 0.717) is 16.1 Å². The summed E-state index contributed by atoms with van der Waals surface area (Å²) in [5.74, 6) is 0. The number of rotatable bonds is 2. The van der Waals surface area contributed by atoms with E-state index < -0.39 is 13.0 Å². The van der Waals surface area contributed by atoms with Gasteiger partial charge < -0.3 is 4.90 Å². The maximum Gasteiger partial charge on any atom is 0.278 e. The Hall–Kier alpha value is 0.317. The van der Waals surface area contributed by atoms with Gasteiger partial charge in [0.25, 0.3) is 4.88 Å². The molecule has 88 valence electrons. The summed E-state index contributed by atoms with van der Waals surface area (Å²) in [4.78, 5) is -0.763. The maximum absolute atomic E-state index is 13.7. The van der Waals surface area contributed by atoms with E-state index in [-0.39, 0.29) is 0 Å². The topological polar surface area (TPSA) is 3.24 Å². The number of hydrogen-bond acceptors (Lipinski definition) is 2. The molecule has 0 spiro atoms.